The Labute approximate surface area is 197 Å². The van der Waals surface area contributed by atoms with Gasteiger partial charge in [0.1, 0.15) is 11.6 Å². The number of fused-ring (bicyclic) bond motifs is 1. The summed E-state index contributed by atoms with van der Waals surface area (Å²) in [4.78, 5) is 25.1. The molecule has 7 nitrogen and oxygen atoms in total. The third-order valence-electron chi connectivity index (χ3n) is 5.34. The Morgan fingerprint density at radius 1 is 1.09 bits per heavy atom. The van der Waals surface area contributed by atoms with Crippen LogP contribution >= 0.6 is 11.6 Å². The Morgan fingerprint density at radius 2 is 1.73 bits per heavy atom. The second-order valence-corrected chi connectivity index (χ2v) is 10.6. The lowest BCUT2D eigenvalue weighted by molar-refractivity contribution is -0.136. The molecule has 2 aromatic carbocycles. The van der Waals surface area contributed by atoms with Gasteiger partial charge in [-0.25, -0.2) is 18.0 Å². The zero-order valence-corrected chi connectivity index (χ0v) is 20.6. The molecule has 0 aliphatic rings. The monoisotopic (exact) mass is 491 g/mol. The van der Waals surface area contributed by atoms with Crippen LogP contribution in [0, 0.1) is 26.7 Å². The van der Waals surface area contributed by atoms with Crippen molar-refractivity contribution in [2.45, 2.75) is 52.0 Å². The van der Waals surface area contributed by atoms with E-state index in [0.29, 0.717) is 16.5 Å². The van der Waals surface area contributed by atoms with Crippen molar-refractivity contribution in [2.24, 2.45) is 5.92 Å². The highest BCUT2D eigenvalue weighted by atomic mass is 35.5. The van der Waals surface area contributed by atoms with Crippen molar-refractivity contribution in [1.29, 1.82) is 0 Å². The zero-order valence-electron chi connectivity index (χ0n) is 19.1. The van der Waals surface area contributed by atoms with Gasteiger partial charge in [-0.15, -0.1) is 0 Å². The minimum Gasteiger partial charge on any atom is -0.424 e. The molecule has 3 aromatic rings. The fourth-order valence-electron chi connectivity index (χ4n) is 3.34. The Morgan fingerprint density at radius 3 is 2.33 bits per heavy atom. The van der Waals surface area contributed by atoms with E-state index in [1.807, 2.05) is 20.8 Å². The maximum Gasteiger partial charge on any atom is 0.339 e. The normalized spacial score (nSPS) is 12.8. The molecule has 0 saturated heterocycles. The summed E-state index contributed by atoms with van der Waals surface area (Å²) in [5, 5.41) is 0.757. The van der Waals surface area contributed by atoms with Gasteiger partial charge in [-0.1, -0.05) is 43.1 Å². The van der Waals surface area contributed by atoms with Crippen LogP contribution in [0.15, 0.2) is 50.5 Å². The van der Waals surface area contributed by atoms with Crippen LogP contribution in [-0.4, -0.2) is 20.4 Å². The van der Waals surface area contributed by atoms with Crippen LogP contribution in [0.4, 0.5) is 0 Å². The van der Waals surface area contributed by atoms with E-state index >= 15 is 0 Å². The van der Waals surface area contributed by atoms with Gasteiger partial charge in [0.15, 0.2) is 5.75 Å². The molecule has 0 bridgehead atoms. The molecule has 1 atom stereocenters. The van der Waals surface area contributed by atoms with Gasteiger partial charge in [-0.3, -0.25) is 0 Å². The van der Waals surface area contributed by atoms with Gasteiger partial charge in [0.05, 0.1) is 9.92 Å². The largest absolute Gasteiger partial charge is 0.424 e. The summed E-state index contributed by atoms with van der Waals surface area (Å²) >= 11 is 6.33. The number of aryl methyl sites for hydroxylation is 2. The molecule has 0 aliphatic carbocycles. The lowest BCUT2D eigenvalue weighted by Gasteiger charge is -2.20. The second kappa shape index (κ2) is 9.67. The van der Waals surface area contributed by atoms with E-state index in [1.165, 1.54) is 18.2 Å². The first-order chi connectivity index (χ1) is 15.4. The predicted molar refractivity (Wildman–Crippen MR) is 127 cm³/mol. The van der Waals surface area contributed by atoms with E-state index in [0.717, 1.165) is 5.56 Å². The highest BCUT2D eigenvalue weighted by Gasteiger charge is 2.29. The molecule has 1 aromatic heterocycles. The number of carbonyl (C=O) groups excluding carboxylic acids is 1. The van der Waals surface area contributed by atoms with Crippen molar-refractivity contribution in [3.05, 3.63) is 68.5 Å². The maximum absolute atomic E-state index is 13.0. The fourth-order valence-corrected chi connectivity index (χ4v) is 4.74. The SMILES string of the molecule is Cc1ccc(S(=O)(=O)NC(CC(C)C)C(=O)Oc2cc3oc(=O)c(C)c(C)c3cc2Cl)cc1. The van der Waals surface area contributed by atoms with Crippen molar-refractivity contribution in [2.75, 3.05) is 0 Å². The standard InChI is InChI=1S/C24H26ClNO6S/c1-13(2)10-20(26-33(29,30)17-8-6-14(3)7-9-17)24(28)32-22-12-21-18(11-19(22)25)15(4)16(5)23(27)31-21/h6-9,11-13,20,26H,10H2,1-5H3. The van der Waals surface area contributed by atoms with E-state index < -0.39 is 27.7 Å². The van der Waals surface area contributed by atoms with Gasteiger partial charge in [0, 0.05) is 17.0 Å². The number of nitrogens with one attached hydrogen (secondary N) is 1. The predicted octanol–water partition coefficient (Wildman–Crippen LogP) is 4.67. The lowest BCUT2D eigenvalue weighted by Crippen LogP contribution is -2.43. The Hall–Kier alpha value is -2.68. The number of esters is 1. The third-order valence-corrected chi connectivity index (χ3v) is 7.12. The number of benzene rings is 2. The molecular formula is C24H26ClNO6S. The van der Waals surface area contributed by atoms with Crippen molar-refractivity contribution in [3.63, 3.8) is 0 Å². The summed E-state index contributed by atoms with van der Waals surface area (Å²) in [6.45, 7) is 9.00. The molecule has 9 heteroatoms. The first kappa shape index (κ1) is 25.0. The number of halogens is 1. The maximum atomic E-state index is 13.0. The van der Waals surface area contributed by atoms with E-state index in [4.69, 9.17) is 20.8 Å². The van der Waals surface area contributed by atoms with E-state index in [2.05, 4.69) is 4.72 Å². The van der Waals surface area contributed by atoms with Gasteiger partial charge >= 0.3 is 11.6 Å². The molecule has 0 fully saturated rings. The summed E-state index contributed by atoms with van der Waals surface area (Å²) in [5.41, 5.74) is 1.81. The minimum absolute atomic E-state index is 0.000936. The lowest BCUT2D eigenvalue weighted by atomic mass is 10.0. The van der Waals surface area contributed by atoms with Crippen molar-refractivity contribution in [3.8, 4) is 5.75 Å². The number of sulfonamides is 1. The fraction of sp³-hybridized carbons (Fsp3) is 0.333. The summed E-state index contributed by atoms with van der Waals surface area (Å²) < 4.78 is 38.9. The number of carbonyl (C=O) groups is 1. The number of rotatable bonds is 7. The molecule has 3 rings (SSSR count). The average molecular weight is 492 g/mol. The third kappa shape index (κ3) is 5.63. The van der Waals surface area contributed by atoms with Crippen LogP contribution in [-0.2, 0) is 14.8 Å². The van der Waals surface area contributed by atoms with Crippen molar-refractivity contribution >= 4 is 38.6 Å². The van der Waals surface area contributed by atoms with E-state index in [-0.39, 0.29) is 33.6 Å². The highest BCUT2D eigenvalue weighted by Crippen LogP contribution is 2.32. The Kier molecular flexibility index (Phi) is 7.31. The molecule has 0 aliphatic heterocycles. The summed E-state index contributed by atoms with van der Waals surface area (Å²) in [6, 6.07) is 8.08. The second-order valence-electron chi connectivity index (χ2n) is 8.46. The first-order valence-corrected chi connectivity index (χ1v) is 12.3. The highest BCUT2D eigenvalue weighted by molar-refractivity contribution is 7.89. The van der Waals surface area contributed by atoms with Gasteiger partial charge in [0.25, 0.3) is 0 Å². The minimum atomic E-state index is -3.96. The molecule has 33 heavy (non-hydrogen) atoms. The Balaban J connectivity index is 1.92. The van der Waals surface area contributed by atoms with Crippen LogP contribution in [0.3, 0.4) is 0 Å². The van der Waals surface area contributed by atoms with Crippen LogP contribution in [0.25, 0.3) is 11.0 Å². The van der Waals surface area contributed by atoms with Crippen molar-refractivity contribution in [1.82, 2.24) is 4.72 Å². The van der Waals surface area contributed by atoms with Gasteiger partial charge in [-0.05, 0) is 56.9 Å². The Bertz CT molecular complexity index is 1360. The molecule has 0 saturated carbocycles. The molecule has 0 spiro atoms. The van der Waals surface area contributed by atoms with Crippen molar-refractivity contribution < 1.29 is 22.4 Å². The number of hydrogen-bond acceptors (Lipinski definition) is 6. The van der Waals surface area contributed by atoms with Crippen LogP contribution < -0.4 is 15.1 Å². The van der Waals surface area contributed by atoms with Gasteiger partial charge in [-0.2, -0.15) is 4.72 Å². The summed E-state index contributed by atoms with van der Waals surface area (Å²) in [6.07, 6.45) is 0.211. The van der Waals surface area contributed by atoms with Crippen LogP contribution in [0.5, 0.6) is 5.75 Å². The topological polar surface area (TPSA) is 103 Å². The van der Waals surface area contributed by atoms with E-state index in [9.17, 15) is 18.0 Å². The summed E-state index contributed by atoms with van der Waals surface area (Å²) in [5.74, 6) is -0.838. The molecule has 1 unspecified atom stereocenters. The summed E-state index contributed by atoms with van der Waals surface area (Å²) in [7, 11) is -3.96. The molecular weight excluding hydrogens is 466 g/mol. The average Bonchev–Trinajstić information content (AvgIpc) is 2.73. The quantitative estimate of drug-likeness (QED) is 0.292. The smallest absolute Gasteiger partial charge is 0.339 e. The van der Waals surface area contributed by atoms with Crippen LogP contribution in [0.1, 0.15) is 37.0 Å². The van der Waals surface area contributed by atoms with E-state index in [1.54, 1.807) is 32.0 Å². The van der Waals surface area contributed by atoms with Crippen LogP contribution in [0.2, 0.25) is 5.02 Å². The zero-order chi connectivity index (χ0) is 24.5. The molecule has 1 N–H and O–H groups in total. The number of ether oxygens (including phenoxy) is 1. The first-order valence-electron chi connectivity index (χ1n) is 10.4. The molecule has 1 heterocycles. The molecule has 0 amide bonds. The molecule has 0 radical (unpaired) electrons. The van der Waals surface area contributed by atoms with Gasteiger partial charge in [0.2, 0.25) is 10.0 Å². The molecule has 176 valence electrons. The van der Waals surface area contributed by atoms with Gasteiger partial charge < -0.3 is 9.15 Å². The number of hydrogen-bond donors (Lipinski definition) is 1.